The van der Waals surface area contributed by atoms with Crippen LogP contribution >= 0.6 is 11.3 Å². The third kappa shape index (κ3) is 3.88. The Bertz CT molecular complexity index is 1330. The first-order valence-electron chi connectivity index (χ1n) is 12.0. The van der Waals surface area contributed by atoms with Crippen molar-refractivity contribution in [1.29, 1.82) is 0 Å². The quantitative estimate of drug-likeness (QED) is 0.282. The molecule has 174 valence electrons. The molecule has 1 fully saturated rings. The van der Waals surface area contributed by atoms with Gasteiger partial charge in [-0.05, 0) is 59.7 Å². The number of hydrogen-bond donors (Lipinski definition) is 0. The first-order valence-corrected chi connectivity index (χ1v) is 12.8. The molecule has 1 aliphatic rings. The van der Waals surface area contributed by atoms with Crippen molar-refractivity contribution in [1.82, 2.24) is 0 Å². The lowest BCUT2D eigenvalue weighted by Gasteiger charge is -2.27. The fraction of sp³-hybridized carbons (Fsp3) is 0.429. The topological polar surface area (TPSA) is 9.23 Å². The molecule has 1 nitrogen and oxygen atoms in total. The first kappa shape index (κ1) is 22.5. The lowest BCUT2D eigenvalue weighted by atomic mass is 9.81. The van der Waals surface area contributed by atoms with E-state index < -0.39 is 17.5 Å². The smallest absolute Gasteiger partial charge is 0.182 e. The molecule has 0 amide bonds. The van der Waals surface area contributed by atoms with E-state index in [4.69, 9.17) is 4.74 Å². The molecule has 0 radical (unpaired) electrons. The van der Waals surface area contributed by atoms with Crippen molar-refractivity contribution in [2.45, 2.75) is 58.8 Å². The minimum Gasteiger partial charge on any atom is -0.490 e. The Kier molecular flexibility index (Phi) is 6.02. The van der Waals surface area contributed by atoms with Gasteiger partial charge < -0.3 is 4.74 Å². The maximum absolute atomic E-state index is 15.5. The summed E-state index contributed by atoms with van der Waals surface area (Å²) in [4.78, 5) is 0. The van der Waals surface area contributed by atoms with Crippen LogP contribution in [0.4, 0.5) is 13.2 Å². The largest absolute Gasteiger partial charge is 0.490 e. The standard InChI is InChI=1S/C28H29F3OS/c1-4-16-5-7-17(8-6-16)14-32-22-12-11-20-21-13-18-9-10-19(15(2)3)24(29)23(18)26(31)28(21)33-27(20)25(22)30/h9-13,15-17H,4-8,14H2,1-3H3. The van der Waals surface area contributed by atoms with Crippen LogP contribution in [0.5, 0.6) is 5.75 Å². The molecule has 1 aliphatic carbocycles. The maximum Gasteiger partial charge on any atom is 0.182 e. The van der Waals surface area contributed by atoms with Gasteiger partial charge in [-0.25, -0.2) is 13.2 Å². The van der Waals surface area contributed by atoms with Crippen molar-refractivity contribution in [3.05, 3.63) is 53.3 Å². The highest BCUT2D eigenvalue weighted by Crippen LogP contribution is 2.43. The van der Waals surface area contributed by atoms with Gasteiger partial charge in [0.05, 0.1) is 21.4 Å². The summed E-state index contributed by atoms with van der Waals surface area (Å²) >= 11 is 1.03. The minimum atomic E-state index is -0.613. The summed E-state index contributed by atoms with van der Waals surface area (Å²) in [6, 6.07) is 8.67. The highest BCUT2D eigenvalue weighted by molar-refractivity contribution is 7.26. The normalized spacial score (nSPS) is 19.2. The Morgan fingerprint density at radius 1 is 0.879 bits per heavy atom. The first-order chi connectivity index (χ1) is 15.9. The Morgan fingerprint density at radius 2 is 1.58 bits per heavy atom. The molecule has 0 unspecified atom stereocenters. The zero-order valence-electron chi connectivity index (χ0n) is 19.3. The van der Waals surface area contributed by atoms with E-state index in [2.05, 4.69) is 6.92 Å². The van der Waals surface area contributed by atoms with Crippen molar-refractivity contribution < 1.29 is 17.9 Å². The molecule has 0 atom stereocenters. The number of halogens is 3. The second-order valence-electron chi connectivity index (χ2n) is 9.75. The molecule has 5 rings (SSSR count). The summed E-state index contributed by atoms with van der Waals surface area (Å²) in [5.41, 5.74) is 0.483. The van der Waals surface area contributed by atoms with Crippen LogP contribution < -0.4 is 4.74 Å². The number of fused-ring (bicyclic) bond motifs is 4. The molecule has 33 heavy (non-hydrogen) atoms. The van der Waals surface area contributed by atoms with Crippen molar-refractivity contribution in [3.8, 4) is 5.75 Å². The third-order valence-electron chi connectivity index (χ3n) is 7.36. The maximum atomic E-state index is 15.5. The molecular formula is C28H29F3OS. The van der Waals surface area contributed by atoms with Crippen molar-refractivity contribution in [2.24, 2.45) is 11.8 Å². The molecule has 1 saturated carbocycles. The Morgan fingerprint density at radius 3 is 2.27 bits per heavy atom. The molecule has 0 bridgehead atoms. The molecule has 4 aromatic rings. The number of benzene rings is 3. The van der Waals surface area contributed by atoms with Crippen LogP contribution in [0.3, 0.4) is 0 Å². The molecule has 3 aromatic carbocycles. The van der Waals surface area contributed by atoms with Gasteiger partial charge in [-0.1, -0.05) is 52.2 Å². The van der Waals surface area contributed by atoms with Gasteiger partial charge >= 0.3 is 0 Å². The van der Waals surface area contributed by atoms with Crippen LogP contribution in [0.2, 0.25) is 0 Å². The molecule has 0 aliphatic heterocycles. The molecule has 1 heterocycles. The van der Waals surface area contributed by atoms with Crippen LogP contribution in [0.15, 0.2) is 30.3 Å². The summed E-state index contributed by atoms with van der Waals surface area (Å²) in [6.45, 7) is 6.50. The van der Waals surface area contributed by atoms with E-state index in [0.717, 1.165) is 30.1 Å². The van der Waals surface area contributed by atoms with E-state index in [1.807, 2.05) is 13.8 Å². The predicted molar refractivity (Wildman–Crippen MR) is 132 cm³/mol. The number of hydrogen-bond acceptors (Lipinski definition) is 2. The van der Waals surface area contributed by atoms with Gasteiger partial charge in [0.2, 0.25) is 0 Å². The van der Waals surface area contributed by atoms with Gasteiger partial charge in [0.15, 0.2) is 17.4 Å². The second kappa shape index (κ2) is 8.83. The summed E-state index contributed by atoms with van der Waals surface area (Å²) in [7, 11) is 0. The average Bonchev–Trinajstić information content (AvgIpc) is 3.19. The van der Waals surface area contributed by atoms with Crippen LogP contribution in [0.1, 0.15) is 64.4 Å². The monoisotopic (exact) mass is 470 g/mol. The molecule has 1 aromatic heterocycles. The highest BCUT2D eigenvalue weighted by Gasteiger charge is 2.23. The van der Waals surface area contributed by atoms with E-state index >= 15 is 13.2 Å². The Hall–Kier alpha value is -2.27. The van der Waals surface area contributed by atoms with Gasteiger partial charge in [-0.15, -0.1) is 11.3 Å². The third-order valence-corrected chi connectivity index (χ3v) is 8.57. The second-order valence-corrected chi connectivity index (χ2v) is 10.8. The fourth-order valence-corrected chi connectivity index (χ4v) is 6.38. The van der Waals surface area contributed by atoms with E-state index in [1.54, 1.807) is 30.3 Å². The van der Waals surface area contributed by atoms with Gasteiger partial charge in [0.1, 0.15) is 5.82 Å². The molecule has 0 N–H and O–H groups in total. The summed E-state index contributed by atoms with van der Waals surface area (Å²) in [5.74, 6) is -0.181. The SMILES string of the molecule is CCC1CCC(COc2ccc3c(sc4c(F)c5c(F)c(C(C)C)ccc5cc43)c2F)CC1. The number of ether oxygens (including phenoxy) is 1. The molecular weight excluding hydrogens is 441 g/mol. The van der Waals surface area contributed by atoms with Crippen LogP contribution in [0.25, 0.3) is 30.9 Å². The van der Waals surface area contributed by atoms with Crippen molar-refractivity contribution in [2.75, 3.05) is 6.61 Å². The van der Waals surface area contributed by atoms with Crippen LogP contribution in [-0.4, -0.2) is 6.61 Å². The van der Waals surface area contributed by atoms with E-state index in [0.29, 0.717) is 38.9 Å². The molecule has 0 saturated heterocycles. The van der Waals surface area contributed by atoms with Gasteiger partial charge in [-0.2, -0.15) is 0 Å². The Labute approximate surface area is 196 Å². The van der Waals surface area contributed by atoms with Gasteiger partial charge in [-0.3, -0.25) is 0 Å². The Balaban J connectivity index is 1.52. The lowest BCUT2D eigenvalue weighted by molar-refractivity contribution is 0.177. The molecule has 5 heteroatoms. The van der Waals surface area contributed by atoms with Crippen LogP contribution in [-0.2, 0) is 0 Å². The number of thiophene rings is 1. The highest BCUT2D eigenvalue weighted by atomic mass is 32.1. The minimum absolute atomic E-state index is 0.0141. The summed E-state index contributed by atoms with van der Waals surface area (Å²) in [5, 5.41) is 1.72. The van der Waals surface area contributed by atoms with Crippen LogP contribution in [0, 0.1) is 29.3 Å². The number of rotatable bonds is 5. The fourth-order valence-electron chi connectivity index (χ4n) is 5.23. The summed E-state index contributed by atoms with van der Waals surface area (Å²) < 4.78 is 52.5. The van der Waals surface area contributed by atoms with E-state index in [-0.39, 0.29) is 21.8 Å². The van der Waals surface area contributed by atoms with Gasteiger partial charge in [0.25, 0.3) is 0 Å². The zero-order valence-corrected chi connectivity index (χ0v) is 20.1. The van der Waals surface area contributed by atoms with Crippen molar-refractivity contribution in [3.63, 3.8) is 0 Å². The summed E-state index contributed by atoms with van der Waals surface area (Å²) in [6.07, 6.45) is 5.88. The average molecular weight is 471 g/mol. The lowest BCUT2D eigenvalue weighted by Crippen LogP contribution is -2.20. The molecule has 0 spiro atoms. The predicted octanol–water partition coefficient (Wildman–Crippen LogP) is 9.34. The van der Waals surface area contributed by atoms with Crippen molar-refractivity contribution >= 4 is 42.3 Å². The van der Waals surface area contributed by atoms with E-state index in [1.165, 1.54) is 19.3 Å². The zero-order chi connectivity index (χ0) is 23.3. The van der Waals surface area contributed by atoms with Gasteiger partial charge in [0, 0.05) is 10.8 Å². The van der Waals surface area contributed by atoms with E-state index in [9.17, 15) is 0 Å².